The highest BCUT2D eigenvalue weighted by Gasteiger charge is 2.40. The Morgan fingerprint density at radius 2 is 2.05 bits per heavy atom. The molecule has 0 heterocycles. The fraction of sp³-hybridized carbons (Fsp3) is 0.875. The lowest BCUT2D eigenvalue weighted by Gasteiger charge is -2.47. The van der Waals surface area contributed by atoms with E-state index in [0.29, 0.717) is 24.4 Å². The van der Waals surface area contributed by atoms with Crippen LogP contribution in [0.2, 0.25) is 0 Å². The Morgan fingerprint density at radius 1 is 1.30 bits per heavy atom. The summed E-state index contributed by atoms with van der Waals surface area (Å²) in [7, 11) is 0. The molecule has 0 saturated heterocycles. The van der Waals surface area contributed by atoms with Crippen LogP contribution in [0.15, 0.2) is 0 Å². The zero-order chi connectivity index (χ0) is 15.1. The molecule has 2 N–H and O–H groups in total. The van der Waals surface area contributed by atoms with Gasteiger partial charge in [0.25, 0.3) is 0 Å². The summed E-state index contributed by atoms with van der Waals surface area (Å²) in [5.41, 5.74) is 0.604. The number of nitrogens with zero attached hydrogens (tertiary/aromatic N) is 2. The minimum absolute atomic E-state index is 0.271. The lowest BCUT2D eigenvalue weighted by molar-refractivity contribution is 0.0712. The number of hydrogen-bond acceptors (Lipinski definition) is 3. The van der Waals surface area contributed by atoms with E-state index in [1.165, 1.54) is 12.8 Å². The Morgan fingerprint density at radius 3 is 2.70 bits per heavy atom. The molecule has 0 aromatic carbocycles. The van der Waals surface area contributed by atoms with Gasteiger partial charge in [0, 0.05) is 25.6 Å². The fourth-order valence-corrected chi connectivity index (χ4v) is 3.77. The summed E-state index contributed by atoms with van der Waals surface area (Å²) in [5, 5.41) is 15.6. The molecule has 1 aliphatic rings. The normalized spacial score (nSPS) is 28.6. The van der Waals surface area contributed by atoms with E-state index in [4.69, 9.17) is 11.8 Å². The van der Waals surface area contributed by atoms with Crippen LogP contribution in [0, 0.1) is 28.7 Å². The lowest BCUT2D eigenvalue weighted by atomic mass is 9.62. The lowest BCUT2D eigenvalue weighted by Crippen LogP contribution is -2.48. The first-order valence-corrected chi connectivity index (χ1v) is 7.55. The van der Waals surface area contributed by atoms with E-state index >= 15 is 0 Å². The van der Waals surface area contributed by atoms with E-state index in [1.54, 1.807) is 0 Å². The monoisotopic (exact) mass is 276 g/mol. The summed E-state index contributed by atoms with van der Waals surface area (Å²) in [4.78, 5) is 3.41. The average Bonchev–Trinajstić information content (AvgIpc) is 2.33. The van der Waals surface area contributed by atoms with Crippen LogP contribution < -0.4 is 10.6 Å². The highest BCUT2D eigenvalue weighted by molar-refractivity contribution is 4.95. The topological polar surface area (TPSA) is 52.2 Å². The first kappa shape index (κ1) is 17.0. The molecular formula is C16H28N4. The average molecular weight is 276 g/mol. The van der Waals surface area contributed by atoms with Crippen LogP contribution in [0.5, 0.6) is 0 Å². The van der Waals surface area contributed by atoms with Crippen LogP contribution in [0.1, 0.15) is 46.5 Å². The van der Waals surface area contributed by atoms with E-state index in [0.717, 1.165) is 26.1 Å². The van der Waals surface area contributed by atoms with Crippen LogP contribution in [0.4, 0.5) is 0 Å². The molecule has 0 amide bonds. The van der Waals surface area contributed by atoms with Crippen molar-refractivity contribution in [2.45, 2.75) is 52.5 Å². The number of nitriles is 1. The second-order valence-corrected chi connectivity index (χ2v) is 7.18. The van der Waals surface area contributed by atoms with Gasteiger partial charge >= 0.3 is 0 Å². The molecule has 20 heavy (non-hydrogen) atoms. The van der Waals surface area contributed by atoms with Crippen molar-refractivity contribution in [3.63, 3.8) is 0 Å². The summed E-state index contributed by atoms with van der Waals surface area (Å²) in [6.45, 7) is 17.0. The second-order valence-electron chi connectivity index (χ2n) is 7.18. The van der Waals surface area contributed by atoms with Gasteiger partial charge in [0.15, 0.2) is 0 Å². The number of nitrogens with one attached hydrogen (secondary N) is 2. The molecule has 0 spiro atoms. The number of hydrogen-bond donors (Lipinski definition) is 2. The van der Waals surface area contributed by atoms with Crippen LogP contribution in [-0.4, -0.2) is 32.2 Å². The zero-order valence-electron chi connectivity index (χ0n) is 13.1. The standard InChI is InChI=1S/C16H28N4/c1-15(2)10-14(20-9-8-18-4)11-16(3,12-15)13-19-7-5-6-17/h14,19-20H,5,7-13H2,1-3H3. The molecule has 1 rings (SSSR count). The van der Waals surface area contributed by atoms with Gasteiger partial charge in [-0.3, -0.25) is 0 Å². The maximum atomic E-state index is 8.59. The second kappa shape index (κ2) is 7.62. The Labute approximate surface area is 123 Å². The zero-order valence-corrected chi connectivity index (χ0v) is 13.1. The highest BCUT2D eigenvalue weighted by atomic mass is 14.9. The van der Waals surface area contributed by atoms with E-state index in [9.17, 15) is 0 Å². The van der Waals surface area contributed by atoms with Crippen molar-refractivity contribution < 1.29 is 0 Å². The maximum Gasteiger partial charge on any atom is 0.226 e. The van der Waals surface area contributed by atoms with E-state index in [1.807, 2.05) is 0 Å². The molecule has 0 aromatic rings. The summed E-state index contributed by atoms with van der Waals surface area (Å²) in [6.07, 6.45) is 4.11. The molecule has 0 aliphatic heterocycles. The van der Waals surface area contributed by atoms with Gasteiger partial charge in [-0.1, -0.05) is 20.8 Å². The van der Waals surface area contributed by atoms with Gasteiger partial charge in [0.05, 0.1) is 12.6 Å². The smallest absolute Gasteiger partial charge is 0.226 e. The van der Waals surface area contributed by atoms with Gasteiger partial charge in [-0.25, -0.2) is 6.57 Å². The van der Waals surface area contributed by atoms with Crippen LogP contribution in [0.3, 0.4) is 0 Å². The summed E-state index contributed by atoms with van der Waals surface area (Å²) in [5.74, 6) is 0. The number of rotatable bonds is 7. The van der Waals surface area contributed by atoms with Gasteiger partial charge in [-0.2, -0.15) is 5.26 Å². The molecular weight excluding hydrogens is 248 g/mol. The Kier molecular flexibility index (Phi) is 6.46. The molecule has 2 unspecified atom stereocenters. The van der Waals surface area contributed by atoms with E-state index in [2.05, 4.69) is 42.3 Å². The predicted molar refractivity (Wildman–Crippen MR) is 82.1 cm³/mol. The first-order valence-electron chi connectivity index (χ1n) is 7.55. The third kappa shape index (κ3) is 5.90. The fourth-order valence-electron chi connectivity index (χ4n) is 3.77. The molecule has 4 nitrogen and oxygen atoms in total. The van der Waals surface area contributed by atoms with Crippen molar-refractivity contribution in [3.8, 4) is 6.07 Å². The third-order valence-electron chi connectivity index (χ3n) is 4.07. The van der Waals surface area contributed by atoms with Crippen LogP contribution >= 0.6 is 0 Å². The van der Waals surface area contributed by atoms with Gasteiger partial charge in [-0.05, 0) is 30.1 Å². The summed E-state index contributed by atoms with van der Waals surface area (Å²) >= 11 is 0. The van der Waals surface area contributed by atoms with Crippen molar-refractivity contribution in [2.75, 3.05) is 26.2 Å². The molecule has 0 bridgehead atoms. The summed E-state index contributed by atoms with van der Waals surface area (Å²) in [6, 6.07) is 2.68. The van der Waals surface area contributed by atoms with Crippen molar-refractivity contribution in [1.82, 2.24) is 10.6 Å². The van der Waals surface area contributed by atoms with Gasteiger partial charge in [-0.15, -0.1) is 0 Å². The Balaban J connectivity index is 2.52. The SMILES string of the molecule is [C-]#[N+]CCNC1CC(C)(C)CC(C)(CNCCC#N)C1. The molecule has 0 aromatic heterocycles. The molecule has 4 heteroatoms. The molecule has 1 aliphatic carbocycles. The minimum atomic E-state index is 0.271. The van der Waals surface area contributed by atoms with Crippen molar-refractivity contribution >= 4 is 0 Å². The molecule has 0 radical (unpaired) electrons. The first-order chi connectivity index (χ1) is 9.41. The van der Waals surface area contributed by atoms with Crippen LogP contribution in [-0.2, 0) is 0 Å². The van der Waals surface area contributed by atoms with E-state index in [-0.39, 0.29) is 5.41 Å². The van der Waals surface area contributed by atoms with Crippen molar-refractivity contribution in [1.29, 1.82) is 5.26 Å². The maximum absolute atomic E-state index is 8.59. The largest absolute Gasteiger partial charge is 0.316 e. The minimum Gasteiger partial charge on any atom is -0.316 e. The van der Waals surface area contributed by atoms with Gasteiger partial charge in [0.1, 0.15) is 0 Å². The molecule has 1 saturated carbocycles. The van der Waals surface area contributed by atoms with Crippen molar-refractivity contribution in [3.05, 3.63) is 11.4 Å². The molecule has 1 fully saturated rings. The van der Waals surface area contributed by atoms with Crippen LogP contribution in [0.25, 0.3) is 4.85 Å². The molecule has 2 atom stereocenters. The Bertz CT molecular complexity index is 377. The quantitative estimate of drug-likeness (QED) is 0.555. The Hall–Kier alpha value is -1.10. The van der Waals surface area contributed by atoms with Gasteiger partial charge in [0.2, 0.25) is 6.54 Å². The molecule has 112 valence electrons. The third-order valence-corrected chi connectivity index (χ3v) is 4.07. The summed E-state index contributed by atoms with van der Waals surface area (Å²) < 4.78 is 0. The van der Waals surface area contributed by atoms with Gasteiger partial charge < -0.3 is 15.5 Å². The van der Waals surface area contributed by atoms with Crippen molar-refractivity contribution in [2.24, 2.45) is 10.8 Å². The predicted octanol–water partition coefficient (Wildman–Crippen LogP) is 2.58. The highest BCUT2D eigenvalue weighted by Crippen LogP contribution is 2.45. The van der Waals surface area contributed by atoms with E-state index < -0.39 is 0 Å².